The van der Waals surface area contributed by atoms with Crippen LogP contribution in [0.4, 0.5) is 5.69 Å². The van der Waals surface area contributed by atoms with E-state index in [0.29, 0.717) is 35.2 Å². The van der Waals surface area contributed by atoms with Gasteiger partial charge in [-0.25, -0.2) is 0 Å². The highest BCUT2D eigenvalue weighted by Gasteiger charge is 2.26. The molecule has 0 aromatic heterocycles. The summed E-state index contributed by atoms with van der Waals surface area (Å²) in [7, 11) is 0. The van der Waals surface area contributed by atoms with Crippen molar-refractivity contribution < 1.29 is 19.0 Å². The van der Waals surface area contributed by atoms with E-state index in [1.165, 1.54) is 0 Å². The Hall–Kier alpha value is -2.40. The molecule has 0 bridgehead atoms. The molecule has 0 radical (unpaired) electrons. The van der Waals surface area contributed by atoms with E-state index in [0.717, 1.165) is 11.3 Å². The zero-order valence-corrected chi connectivity index (χ0v) is 12.9. The maximum absolute atomic E-state index is 12.5. The highest BCUT2D eigenvalue weighted by atomic mass is 35.5. The summed E-state index contributed by atoms with van der Waals surface area (Å²) in [6, 6.07) is 10.8. The Morgan fingerprint density at radius 1 is 1.04 bits per heavy atom. The van der Waals surface area contributed by atoms with Gasteiger partial charge in [0, 0.05) is 16.8 Å². The third-order valence-electron chi connectivity index (χ3n) is 3.94. The summed E-state index contributed by atoms with van der Waals surface area (Å²) in [4.78, 5) is 12.5. The van der Waals surface area contributed by atoms with Crippen molar-refractivity contribution in [2.45, 2.75) is 6.42 Å². The normalized spacial score (nSPS) is 18.0. The van der Waals surface area contributed by atoms with E-state index in [1.54, 1.807) is 24.3 Å². The summed E-state index contributed by atoms with van der Waals surface area (Å²) >= 11 is 6.01. The van der Waals surface area contributed by atoms with E-state index in [9.17, 15) is 4.79 Å². The van der Waals surface area contributed by atoms with Crippen LogP contribution in [0, 0.1) is 5.92 Å². The third-order valence-corrected chi connectivity index (χ3v) is 4.17. The van der Waals surface area contributed by atoms with Crippen LogP contribution < -0.4 is 19.5 Å². The molecule has 0 saturated heterocycles. The van der Waals surface area contributed by atoms with Gasteiger partial charge < -0.3 is 19.5 Å². The monoisotopic (exact) mass is 331 g/mol. The lowest BCUT2D eigenvalue weighted by atomic mass is 9.96. The number of amides is 1. The first-order chi connectivity index (χ1) is 11.2. The number of rotatable bonds is 2. The Bertz CT molecular complexity index is 777. The first-order valence-electron chi connectivity index (χ1n) is 7.31. The van der Waals surface area contributed by atoms with Gasteiger partial charge in [-0.05, 0) is 42.3 Å². The predicted octanol–water partition coefficient (Wildman–Crippen LogP) is 3.26. The molecule has 1 amide bonds. The molecule has 0 saturated carbocycles. The van der Waals surface area contributed by atoms with Crippen LogP contribution in [-0.2, 0) is 11.2 Å². The Kier molecular flexibility index (Phi) is 3.50. The number of carbonyl (C=O) groups is 1. The van der Waals surface area contributed by atoms with Gasteiger partial charge in [-0.1, -0.05) is 11.6 Å². The Labute approximate surface area is 138 Å². The number of carbonyl (C=O) groups excluding carboxylic acids is 1. The molecule has 0 unspecified atom stereocenters. The molecule has 5 nitrogen and oxygen atoms in total. The highest BCUT2D eigenvalue weighted by Crippen LogP contribution is 2.35. The lowest BCUT2D eigenvalue weighted by molar-refractivity contribution is -0.121. The predicted molar refractivity (Wildman–Crippen MR) is 85.3 cm³/mol. The van der Waals surface area contributed by atoms with Crippen molar-refractivity contribution >= 4 is 23.2 Å². The van der Waals surface area contributed by atoms with Crippen molar-refractivity contribution in [1.82, 2.24) is 0 Å². The lowest BCUT2D eigenvalue weighted by Gasteiger charge is -2.24. The summed E-state index contributed by atoms with van der Waals surface area (Å²) < 4.78 is 16.2. The number of fused-ring (bicyclic) bond motifs is 2. The van der Waals surface area contributed by atoms with Crippen LogP contribution in [0.2, 0.25) is 5.02 Å². The second kappa shape index (κ2) is 5.66. The van der Waals surface area contributed by atoms with Crippen LogP contribution >= 0.6 is 11.6 Å². The summed E-state index contributed by atoms with van der Waals surface area (Å²) in [5.74, 6) is 1.77. The van der Waals surface area contributed by atoms with Crippen LogP contribution in [0.25, 0.3) is 0 Å². The molecule has 6 heteroatoms. The molecule has 0 fully saturated rings. The molecule has 118 valence electrons. The molecular formula is C17H14ClNO4. The maximum Gasteiger partial charge on any atom is 0.231 e. The molecule has 0 spiro atoms. The number of benzene rings is 2. The van der Waals surface area contributed by atoms with Crippen molar-refractivity contribution in [3.63, 3.8) is 0 Å². The van der Waals surface area contributed by atoms with Crippen molar-refractivity contribution in [2.24, 2.45) is 5.92 Å². The second-order valence-electron chi connectivity index (χ2n) is 5.52. The molecule has 23 heavy (non-hydrogen) atoms. The third kappa shape index (κ3) is 2.80. The van der Waals surface area contributed by atoms with Crippen LogP contribution in [0.1, 0.15) is 5.56 Å². The number of ether oxygens (including phenoxy) is 3. The standard InChI is InChI=1S/C17H14ClNO4/c18-12-1-3-14-10(6-12)5-11(8-21-14)17(20)19-13-2-4-15-16(7-13)23-9-22-15/h1-4,6-7,11H,5,8-9H2,(H,19,20)/t11-/m0/s1. The summed E-state index contributed by atoms with van der Waals surface area (Å²) in [5, 5.41) is 3.54. The van der Waals surface area contributed by atoms with E-state index in [-0.39, 0.29) is 18.6 Å². The first kappa shape index (κ1) is 14.2. The summed E-state index contributed by atoms with van der Waals surface area (Å²) in [6.07, 6.45) is 0.603. The van der Waals surface area contributed by atoms with Gasteiger partial charge in [0.2, 0.25) is 12.7 Å². The average molecular weight is 332 g/mol. The fraction of sp³-hybridized carbons (Fsp3) is 0.235. The Balaban J connectivity index is 1.47. The van der Waals surface area contributed by atoms with Gasteiger partial charge in [0.1, 0.15) is 12.4 Å². The number of hydrogen-bond donors (Lipinski definition) is 1. The number of anilines is 1. The minimum absolute atomic E-state index is 0.0884. The van der Waals surface area contributed by atoms with Gasteiger partial charge >= 0.3 is 0 Å². The zero-order valence-electron chi connectivity index (χ0n) is 12.2. The van der Waals surface area contributed by atoms with Gasteiger partial charge in [-0.2, -0.15) is 0 Å². The minimum atomic E-state index is -0.258. The Morgan fingerprint density at radius 3 is 2.78 bits per heavy atom. The van der Waals surface area contributed by atoms with Crippen molar-refractivity contribution in [2.75, 3.05) is 18.7 Å². The van der Waals surface area contributed by atoms with Crippen molar-refractivity contribution in [3.8, 4) is 17.2 Å². The molecule has 2 aliphatic rings. The average Bonchev–Trinajstić information content (AvgIpc) is 3.01. The molecule has 0 aliphatic carbocycles. The zero-order chi connectivity index (χ0) is 15.8. The van der Waals surface area contributed by atoms with Crippen molar-refractivity contribution in [1.29, 1.82) is 0 Å². The molecule has 4 rings (SSSR count). The number of halogens is 1. The Morgan fingerprint density at radius 2 is 1.87 bits per heavy atom. The molecule has 1 atom stereocenters. The quantitative estimate of drug-likeness (QED) is 0.917. The maximum atomic E-state index is 12.5. The van der Waals surface area contributed by atoms with E-state index in [1.807, 2.05) is 12.1 Å². The summed E-state index contributed by atoms with van der Waals surface area (Å²) in [5.41, 5.74) is 1.63. The molecule has 1 N–H and O–H groups in total. The fourth-order valence-corrected chi connectivity index (χ4v) is 2.94. The van der Waals surface area contributed by atoms with Crippen LogP contribution in [-0.4, -0.2) is 19.3 Å². The van der Waals surface area contributed by atoms with Gasteiger partial charge in [-0.15, -0.1) is 0 Å². The van der Waals surface area contributed by atoms with E-state index >= 15 is 0 Å². The van der Waals surface area contributed by atoms with Gasteiger partial charge in [0.15, 0.2) is 11.5 Å². The smallest absolute Gasteiger partial charge is 0.231 e. The van der Waals surface area contributed by atoms with E-state index < -0.39 is 0 Å². The number of nitrogens with one attached hydrogen (secondary N) is 1. The molecule has 2 aromatic carbocycles. The summed E-state index contributed by atoms with van der Waals surface area (Å²) in [6.45, 7) is 0.561. The van der Waals surface area contributed by atoms with Gasteiger partial charge in [-0.3, -0.25) is 4.79 Å². The SMILES string of the molecule is O=C(Nc1ccc2c(c1)OCO2)[C@@H]1COc2ccc(Cl)cc2C1. The van der Waals surface area contributed by atoms with Crippen LogP contribution in [0.5, 0.6) is 17.2 Å². The minimum Gasteiger partial charge on any atom is -0.492 e. The number of hydrogen-bond acceptors (Lipinski definition) is 4. The van der Waals surface area contributed by atoms with Crippen LogP contribution in [0.3, 0.4) is 0 Å². The highest BCUT2D eigenvalue weighted by molar-refractivity contribution is 6.30. The van der Waals surface area contributed by atoms with Crippen LogP contribution in [0.15, 0.2) is 36.4 Å². The second-order valence-corrected chi connectivity index (χ2v) is 5.96. The van der Waals surface area contributed by atoms with Crippen molar-refractivity contribution in [3.05, 3.63) is 47.0 Å². The van der Waals surface area contributed by atoms with E-state index in [4.69, 9.17) is 25.8 Å². The van der Waals surface area contributed by atoms with Gasteiger partial charge in [0.25, 0.3) is 0 Å². The lowest BCUT2D eigenvalue weighted by Crippen LogP contribution is -2.32. The van der Waals surface area contributed by atoms with E-state index in [2.05, 4.69) is 5.32 Å². The topological polar surface area (TPSA) is 56.8 Å². The van der Waals surface area contributed by atoms with Gasteiger partial charge in [0.05, 0.1) is 5.92 Å². The molecule has 2 heterocycles. The molecular weight excluding hydrogens is 318 g/mol. The fourth-order valence-electron chi connectivity index (χ4n) is 2.75. The first-order valence-corrected chi connectivity index (χ1v) is 7.68. The molecule has 2 aromatic rings. The molecule has 2 aliphatic heterocycles. The largest absolute Gasteiger partial charge is 0.492 e.